The molecular weight excluding hydrogens is 454 g/mol. The summed E-state index contributed by atoms with van der Waals surface area (Å²) in [5.74, 6) is 0.279. The number of halogens is 3. The summed E-state index contributed by atoms with van der Waals surface area (Å²) in [4.78, 5) is 16.9. The maximum absolute atomic E-state index is 12.8. The Bertz CT molecular complexity index is 827. The van der Waals surface area contributed by atoms with E-state index in [2.05, 4.69) is 27.8 Å². The lowest BCUT2D eigenvalue weighted by atomic mass is 10.0. The molecule has 0 aromatic heterocycles. The number of carbonyl (C=O) groups is 1. The minimum Gasteiger partial charge on any atom is -0.434 e. The number of alkyl halides is 2. The minimum atomic E-state index is -2.85. The highest BCUT2D eigenvalue weighted by molar-refractivity contribution is 9.10. The SMILES string of the molecule is CCCN(Cc1cc(Br)ccc1OC(F)F)C1CCN(C(=O)c2ccccc2)CC1. The normalized spacial score (nSPS) is 15.1. The van der Waals surface area contributed by atoms with Crippen LogP contribution in [0.25, 0.3) is 0 Å². The van der Waals surface area contributed by atoms with E-state index in [0.717, 1.165) is 35.8 Å². The third-order valence-corrected chi connectivity index (χ3v) is 5.90. The van der Waals surface area contributed by atoms with Crippen molar-refractivity contribution in [3.05, 3.63) is 64.1 Å². The molecule has 1 aliphatic heterocycles. The van der Waals surface area contributed by atoms with Crippen LogP contribution in [0.15, 0.2) is 53.0 Å². The van der Waals surface area contributed by atoms with Crippen molar-refractivity contribution in [2.24, 2.45) is 0 Å². The van der Waals surface area contributed by atoms with Gasteiger partial charge in [-0.3, -0.25) is 9.69 Å². The Morgan fingerprint density at radius 3 is 2.53 bits per heavy atom. The van der Waals surface area contributed by atoms with Crippen LogP contribution in [0.4, 0.5) is 8.78 Å². The molecule has 4 nitrogen and oxygen atoms in total. The lowest BCUT2D eigenvalue weighted by molar-refractivity contribution is -0.0509. The zero-order valence-corrected chi connectivity index (χ0v) is 18.7. The molecule has 0 bridgehead atoms. The van der Waals surface area contributed by atoms with E-state index in [-0.39, 0.29) is 11.7 Å². The predicted octanol–water partition coefficient (Wildman–Crippen LogP) is 5.57. The van der Waals surface area contributed by atoms with Gasteiger partial charge in [0.05, 0.1) is 0 Å². The summed E-state index contributed by atoms with van der Waals surface area (Å²) in [5, 5.41) is 0. The van der Waals surface area contributed by atoms with Crippen LogP contribution in [-0.2, 0) is 6.54 Å². The van der Waals surface area contributed by atoms with Gasteiger partial charge in [-0.05, 0) is 56.1 Å². The molecule has 0 N–H and O–H groups in total. The van der Waals surface area contributed by atoms with Gasteiger partial charge in [0, 0.05) is 41.3 Å². The molecule has 0 unspecified atom stereocenters. The summed E-state index contributed by atoms with van der Waals surface area (Å²) in [6.07, 6.45) is 2.68. The molecule has 2 aromatic rings. The Morgan fingerprint density at radius 1 is 1.20 bits per heavy atom. The van der Waals surface area contributed by atoms with Crippen LogP contribution in [0.1, 0.15) is 42.1 Å². The zero-order chi connectivity index (χ0) is 21.5. The van der Waals surface area contributed by atoms with E-state index in [9.17, 15) is 13.6 Å². The lowest BCUT2D eigenvalue weighted by Gasteiger charge is -2.39. The van der Waals surface area contributed by atoms with Crippen molar-refractivity contribution in [1.82, 2.24) is 9.80 Å². The number of carbonyl (C=O) groups excluding carboxylic acids is 1. The fourth-order valence-corrected chi connectivity index (χ4v) is 4.39. The summed E-state index contributed by atoms with van der Waals surface area (Å²) in [6, 6.07) is 14.8. The number of rotatable bonds is 8. The molecule has 0 saturated carbocycles. The first kappa shape index (κ1) is 22.7. The van der Waals surface area contributed by atoms with Crippen LogP contribution in [0.3, 0.4) is 0 Å². The van der Waals surface area contributed by atoms with Gasteiger partial charge in [-0.25, -0.2) is 0 Å². The summed E-state index contributed by atoms with van der Waals surface area (Å²) >= 11 is 3.43. The number of ether oxygens (including phenoxy) is 1. The molecule has 30 heavy (non-hydrogen) atoms. The summed E-state index contributed by atoms with van der Waals surface area (Å²) < 4.78 is 31.2. The second-order valence-electron chi connectivity index (χ2n) is 7.49. The summed E-state index contributed by atoms with van der Waals surface area (Å²) in [5.41, 5.74) is 1.45. The van der Waals surface area contributed by atoms with E-state index in [0.29, 0.717) is 31.2 Å². The maximum atomic E-state index is 12.8. The Labute approximate surface area is 184 Å². The highest BCUT2D eigenvalue weighted by atomic mass is 79.9. The largest absolute Gasteiger partial charge is 0.434 e. The van der Waals surface area contributed by atoms with Gasteiger partial charge in [0.1, 0.15) is 5.75 Å². The van der Waals surface area contributed by atoms with Crippen molar-refractivity contribution in [2.75, 3.05) is 19.6 Å². The van der Waals surface area contributed by atoms with Gasteiger partial charge >= 0.3 is 6.61 Å². The van der Waals surface area contributed by atoms with Crippen LogP contribution in [0.5, 0.6) is 5.75 Å². The van der Waals surface area contributed by atoms with Crippen molar-refractivity contribution < 1.29 is 18.3 Å². The van der Waals surface area contributed by atoms with Crippen molar-refractivity contribution in [3.8, 4) is 5.75 Å². The van der Waals surface area contributed by atoms with Gasteiger partial charge in [0.2, 0.25) is 0 Å². The molecule has 7 heteroatoms. The molecule has 1 amide bonds. The predicted molar refractivity (Wildman–Crippen MR) is 117 cm³/mol. The second kappa shape index (κ2) is 10.9. The maximum Gasteiger partial charge on any atom is 0.387 e. The lowest BCUT2D eigenvalue weighted by Crippen LogP contribution is -2.46. The number of piperidine rings is 1. The van der Waals surface area contributed by atoms with Crippen LogP contribution < -0.4 is 4.74 Å². The summed E-state index contributed by atoms with van der Waals surface area (Å²) in [7, 11) is 0. The molecule has 1 saturated heterocycles. The van der Waals surface area contributed by atoms with Crippen molar-refractivity contribution in [3.63, 3.8) is 0 Å². The standard InChI is InChI=1S/C23H27BrF2N2O2/c1-2-12-28(16-18-15-19(24)8-9-21(18)30-23(25)26)20-10-13-27(14-11-20)22(29)17-6-4-3-5-7-17/h3-9,15,20,23H,2,10-14,16H2,1H3. The van der Waals surface area contributed by atoms with Gasteiger partial charge in [-0.2, -0.15) is 8.78 Å². The molecule has 0 spiro atoms. The highest BCUT2D eigenvalue weighted by Crippen LogP contribution is 2.28. The van der Waals surface area contributed by atoms with E-state index in [4.69, 9.17) is 4.74 Å². The minimum absolute atomic E-state index is 0.0655. The molecule has 2 aromatic carbocycles. The van der Waals surface area contributed by atoms with E-state index in [1.54, 1.807) is 12.1 Å². The van der Waals surface area contributed by atoms with E-state index in [1.807, 2.05) is 41.3 Å². The first-order chi connectivity index (χ1) is 14.5. The topological polar surface area (TPSA) is 32.8 Å². The molecule has 1 aliphatic rings. The number of hydrogen-bond donors (Lipinski definition) is 0. The molecule has 0 radical (unpaired) electrons. The highest BCUT2D eigenvalue weighted by Gasteiger charge is 2.28. The average molecular weight is 481 g/mol. The Kier molecular flexibility index (Phi) is 8.22. The fraction of sp³-hybridized carbons (Fsp3) is 0.435. The van der Waals surface area contributed by atoms with E-state index < -0.39 is 6.61 Å². The zero-order valence-electron chi connectivity index (χ0n) is 17.1. The summed E-state index contributed by atoms with van der Waals surface area (Å²) in [6.45, 7) is 2.04. The average Bonchev–Trinajstić information content (AvgIpc) is 2.75. The van der Waals surface area contributed by atoms with Crippen LogP contribution >= 0.6 is 15.9 Å². The molecule has 0 atom stereocenters. The quantitative estimate of drug-likeness (QED) is 0.495. The number of likely N-dealkylation sites (tertiary alicyclic amines) is 1. The Morgan fingerprint density at radius 2 is 1.90 bits per heavy atom. The molecule has 1 heterocycles. The number of benzene rings is 2. The van der Waals surface area contributed by atoms with E-state index >= 15 is 0 Å². The van der Waals surface area contributed by atoms with Crippen molar-refractivity contribution in [2.45, 2.75) is 45.4 Å². The molecule has 3 rings (SSSR count). The first-order valence-corrected chi connectivity index (χ1v) is 11.1. The first-order valence-electron chi connectivity index (χ1n) is 10.3. The van der Waals surface area contributed by atoms with Crippen molar-refractivity contribution >= 4 is 21.8 Å². The van der Waals surface area contributed by atoms with Gasteiger partial charge in [-0.15, -0.1) is 0 Å². The van der Waals surface area contributed by atoms with Crippen LogP contribution in [-0.4, -0.2) is 48.0 Å². The number of nitrogens with zero attached hydrogens (tertiary/aromatic N) is 2. The van der Waals surface area contributed by atoms with Gasteiger partial charge in [0.15, 0.2) is 0 Å². The molecule has 162 valence electrons. The monoisotopic (exact) mass is 480 g/mol. The third-order valence-electron chi connectivity index (χ3n) is 5.41. The van der Waals surface area contributed by atoms with Crippen LogP contribution in [0, 0.1) is 0 Å². The van der Waals surface area contributed by atoms with Gasteiger partial charge < -0.3 is 9.64 Å². The number of amides is 1. The molecule has 0 aliphatic carbocycles. The second-order valence-corrected chi connectivity index (χ2v) is 8.41. The third kappa shape index (κ3) is 6.01. The van der Waals surface area contributed by atoms with Crippen LogP contribution in [0.2, 0.25) is 0 Å². The van der Waals surface area contributed by atoms with Gasteiger partial charge in [-0.1, -0.05) is 41.1 Å². The Balaban J connectivity index is 1.67. The fourth-order valence-electron chi connectivity index (χ4n) is 3.98. The van der Waals surface area contributed by atoms with Crippen molar-refractivity contribution in [1.29, 1.82) is 0 Å². The Hall–Kier alpha value is -1.99. The van der Waals surface area contributed by atoms with E-state index in [1.165, 1.54) is 0 Å². The number of hydrogen-bond acceptors (Lipinski definition) is 3. The molecular formula is C23H27BrF2N2O2. The molecule has 1 fully saturated rings. The van der Waals surface area contributed by atoms with Gasteiger partial charge in [0.25, 0.3) is 5.91 Å². The smallest absolute Gasteiger partial charge is 0.387 e.